The third-order valence-electron chi connectivity index (χ3n) is 5.17. The summed E-state index contributed by atoms with van der Waals surface area (Å²) in [6.07, 6.45) is 0. The van der Waals surface area contributed by atoms with Crippen molar-refractivity contribution in [2.45, 2.75) is 39.2 Å². The molecular formula is C21H30N6O3. The van der Waals surface area contributed by atoms with Crippen molar-refractivity contribution in [3.05, 3.63) is 46.9 Å². The average molecular weight is 415 g/mol. The Morgan fingerprint density at radius 3 is 2.57 bits per heavy atom. The fourth-order valence-electron chi connectivity index (χ4n) is 3.51. The summed E-state index contributed by atoms with van der Waals surface area (Å²) >= 11 is 0. The van der Waals surface area contributed by atoms with E-state index in [-0.39, 0.29) is 17.5 Å². The van der Waals surface area contributed by atoms with Crippen LogP contribution in [0, 0.1) is 13.8 Å². The Kier molecular flexibility index (Phi) is 6.42. The lowest BCUT2D eigenvalue weighted by molar-refractivity contribution is 0.0665. The van der Waals surface area contributed by atoms with E-state index in [0.717, 1.165) is 22.5 Å². The lowest BCUT2D eigenvalue weighted by Crippen LogP contribution is -2.34. The lowest BCUT2D eigenvalue weighted by atomic mass is 9.89. The van der Waals surface area contributed by atoms with E-state index in [1.54, 1.807) is 18.7 Å². The summed E-state index contributed by atoms with van der Waals surface area (Å²) in [5, 5.41) is 17.6. The second-order valence-electron chi connectivity index (χ2n) is 7.99. The monoisotopic (exact) mass is 414 g/mol. The number of amides is 2. The molecule has 9 nitrogen and oxygen atoms in total. The zero-order valence-corrected chi connectivity index (χ0v) is 18.4. The summed E-state index contributed by atoms with van der Waals surface area (Å²) in [6.45, 7) is 8.83. The molecule has 3 N–H and O–H groups in total. The van der Waals surface area contributed by atoms with Crippen LogP contribution in [0.25, 0.3) is 5.65 Å². The number of carbonyl (C=O) groups is 1. The SMILES string of the molecule is COCC(C)(COC)c1cc2nnc(C(C)NC(=O)Nc3cc(C)ccc3C)n2[nH]1. The van der Waals surface area contributed by atoms with Crippen molar-refractivity contribution in [3.8, 4) is 0 Å². The lowest BCUT2D eigenvalue weighted by Gasteiger charge is -2.26. The van der Waals surface area contributed by atoms with Crippen molar-refractivity contribution < 1.29 is 14.3 Å². The zero-order valence-electron chi connectivity index (χ0n) is 18.4. The standard InChI is InChI=1S/C21H30N6O3/c1-13-7-8-14(2)16(9-13)23-20(28)22-15(3)19-25-24-18-10-17(26-27(18)19)21(4,11-29-5)12-30-6/h7-10,15,26H,11-12H2,1-6H3,(H2,22,23,28). The highest BCUT2D eigenvalue weighted by Crippen LogP contribution is 2.25. The number of ether oxygens (including phenoxy) is 2. The number of nitrogens with one attached hydrogen (secondary N) is 3. The minimum atomic E-state index is -0.368. The Morgan fingerprint density at radius 2 is 1.90 bits per heavy atom. The Labute approximate surface area is 176 Å². The molecule has 0 spiro atoms. The molecule has 0 radical (unpaired) electrons. The summed E-state index contributed by atoms with van der Waals surface area (Å²) < 4.78 is 12.5. The van der Waals surface area contributed by atoms with Crippen molar-refractivity contribution in [1.29, 1.82) is 0 Å². The summed E-state index contributed by atoms with van der Waals surface area (Å²) in [7, 11) is 3.32. The first kappa shape index (κ1) is 21.8. The van der Waals surface area contributed by atoms with Gasteiger partial charge in [-0.1, -0.05) is 12.1 Å². The Balaban J connectivity index is 1.78. The molecule has 1 aromatic carbocycles. The maximum atomic E-state index is 12.5. The van der Waals surface area contributed by atoms with E-state index in [1.807, 2.05) is 45.0 Å². The molecule has 2 amide bonds. The average Bonchev–Trinajstić information content (AvgIpc) is 3.26. The Bertz CT molecular complexity index is 1020. The molecule has 2 heterocycles. The molecule has 0 bridgehead atoms. The van der Waals surface area contributed by atoms with Crippen LogP contribution in [0.15, 0.2) is 24.3 Å². The topological polar surface area (TPSA) is 106 Å². The summed E-state index contributed by atoms with van der Waals surface area (Å²) in [5.74, 6) is 0.601. The van der Waals surface area contributed by atoms with Crippen LogP contribution in [-0.4, -0.2) is 53.3 Å². The van der Waals surface area contributed by atoms with Crippen LogP contribution >= 0.6 is 0 Å². The van der Waals surface area contributed by atoms with Gasteiger partial charge in [0.25, 0.3) is 0 Å². The molecule has 1 unspecified atom stereocenters. The van der Waals surface area contributed by atoms with E-state index in [2.05, 4.69) is 32.9 Å². The molecule has 0 saturated heterocycles. The van der Waals surface area contributed by atoms with Gasteiger partial charge in [-0.2, -0.15) is 0 Å². The van der Waals surface area contributed by atoms with Crippen molar-refractivity contribution in [3.63, 3.8) is 0 Å². The predicted molar refractivity (Wildman–Crippen MR) is 115 cm³/mol. The van der Waals surface area contributed by atoms with Crippen LogP contribution in [0.1, 0.15) is 42.5 Å². The number of aromatic nitrogens is 4. The highest BCUT2D eigenvalue weighted by Gasteiger charge is 2.30. The summed E-state index contributed by atoms with van der Waals surface area (Å²) in [5.41, 5.74) is 4.09. The second-order valence-corrected chi connectivity index (χ2v) is 7.99. The highest BCUT2D eigenvalue weighted by atomic mass is 16.5. The summed E-state index contributed by atoms with van der Waals surface area (Å²) in [6, 6.07) is 7.19. The van der Waals surface area contributed by atoms with Crippen LogP contribution in [0.4, 0.5) is 10.5 Å². The van der Waals surface area contributed by atoms with Gasteiger partial charge in [-0.05, 0) is 44.9 Å². The van der Waals surface area contributed by atoms with Crippen LogP contribution < -0.4 is 10.6 Å². The largest absolute Gasteiger partial charge is 0.384 e. The quantitative estimate of drug-likeness (QED) is 0.525. The van der Waals surface area contributed by atoms with E-state index in [1.165, 1.54) is 0 Å². The minimum Gasteiger partial charge on any atom is -0.384 e. The van der Waals surface area contributed by atoms with E-state index in [4.69, 9.17) is 9.47 Å². The van der Waals surface area contributed by atoms with Gasteiger partial charge in [0.15, 0.2) is 11.5 Å². The molecule has 3 aromatic rings. The van der Waals surface area contributed by atoms with Gasteiger partial charge in [0, 0.05) is 31.7 Å². The molecule has 2 aromatic heterocycles. The number of carbonyl (C=O) groups excluding carboxylic acids is 1. The van der Waals surface area contributed by atoms with E-state index in [0.29, 0.717) is 24.7 Å². The number of aryl methyl sites for hydroxylation is 2. The third-order valence-corrected chi connectivity index (χ3v) is 5.17. The third kappa shape index (κ3) is 4.47. The first-order chi connectivity index (χ1) is 14.3. The maximum Gasteiger partial charge on any atom is 0.319 e. The fraction of sp³-hybridized carbons (Fsp3) is 0.476. The molecule has 0 saturated carbocycles. The number of H-pyrrole nitrogens is 1. The Hall–Kier alpha value is -2.91. The number of fused-ring (bicyclic) bond motifs is 1. The molecule has 3 rings (SSSR count). The number of hydrogen-bond acceptors (Lipinski definition) is 5. The van der Waals surface area contributed by atoms with E-state index in [9.17, 15) is 4.79 Å². The van der Waals surface area contributed by atoms with Gasteiger partial charge in [0.2, 0.25) is 0 Å². The molecule has 0 aliphatic rings. The molecule has 30 heavy (non-hydrogen) atoms. The van der Waals surface area contributed by atoms with Gasteiger partial charge < -0.3 is 20.1 Å². The van der Waals surface area contributed by atoms with Gasteiger partial charge in [0.1, 0.15) is 0 Å². The van der Waals surface area contributed by atoms with E-state index < -0.39 is 0 Å². The van der Waals surface area contributed by atoms with Crippen molar-refractivity contribution in [1.82, 2.24) is 25.1 Å². The van der Waals surface area contributed by atoms with Gasteiger partial charge in [0.05, 0.1) is 24.7 Å². The van der Waals surface area contributed by atoms with Crippen LogP contribution in [0.2, 0.25) is 0 Å². The second kappa shape index (κ2) is 8.85. The number of benzene rings is 1. The minimum absolute atomic E-state index is 0.302. The van der Waals surface area contributed by atoms with E-state index >= 15 is 0 Å². The number of methoxy groups -OCH3 is 2. The van der Waals surface area contributed by atoms with Crippen molar-refractivity contribution in [2.75, 3.05) is 32.8 Å². The normalized spacial score (nSPS) is 12.9. The van der Waals surface area contributed by atoms with Crippen LogP contribution in [0.3, 0.4) is 0 Å². The molecule has 1 atom stereocenters. The summed E-state index contributed by atoms with van der Waals surface area (Å²) in [4.78, 5) is 12.5. The highest BCUT2D eigenvalue weighted by molar-refractivity contribution is 5.90. The number of urea groups is 1. The number of anilines is 1. The van der Waals surface area contributed by atoms with Crippen LogP contribution in [-0.2, 0) is 14.9 Å². The van der Waals surface area contributed by atoms with Gasteiger partial charge in [-0.3, -0.25) is 5.10 Å². The number of nitrogens with zero attached hydrogens (tertiary/aromatic N) is 3. The van der Waals surface area contributed by atoms with Gasteiger partial charge >= 0.3 is 6.03 Å². The smallest absolute Gasteiger partial charge is 0.319 e. The van der Waals surface area contributed by atoms with Crippen molar-refractivity contribution in [2.24, 2.45) is 0 Å². The molecule has 162 valence electrons. The number of rotatable bonds is 8. The van der Waals surface area contributed by atoms with Gasteiger partial charge in [-0.25, -0.2) is 9.31 Å². The number of aromatic amines is 1. The predicted octanol–water partition coefficient (Wildman–Crippen LogP) is 3.11. The molecule has 0 aliphatic carbocycles. The fourth-order valence-corrected chi connectivity index (χ4v) is 3.51. The van der Waals surface area contributed by atoms with Crippen molar-refractivity contribution >= 4 is 17.4 Å². The Morgan fingerprint density at radius 1 is 1.20 bits per heavy atom. The molecular weight excluding hydrogens is 384 g/mol. The number of hydrogen-bond donors (Lipinski definition) is 3. The molecule has 0 fully saturated rings. The van der Waals surface area contributed by atoms with Gasteiger partial charge in [-0.15, -0.1) is 10.2 Å². The molecule has 0 aliphatic heterocycles. The first-order valence-corrected chi connectivity index (χ1v) is 9.84. The first-order valence-electron chi connectivity index (χ1n) is 9.84. The zero-order chi connectivity index (χ0) is 21.9. The molecule has 9 heteroatoms. The van der Waals surface area contributed by atoms with Crippen LogP contribution in [0.5, 0.6) is 0 Å². The maximum absolute atomic E-state index is 12.5.